The molecule has 4 N–H and O–H groups in total. The Bertz CT molecular complexity index is 370. The molecule has 2 saturated carbocycles. The van der Waals surface area contributed by atoms with Gasteiger partial charge in [0.15, 0.2) is 0 Å². The van der Waals surface area contributed by atoms with Crippen LogP contribution in [0.2, 0.25) is 0 Å². The monoisotopic (exact) mass is 317 g/mol. The Hall–Kier alpha value is -0.810. The fraction of sp³-hybridized carbons (Fsp3) is 0.867. The second kappa shape index (κ2) is 7.99. The predicted octanol–water partition coefficient (Wildman–Crippen LogP) is 1.49. The van der Waals surface area contributed by atoms with Gasteiger partial charge in [-0.2, -0.15) is 0 Å². The average molecular weight is 318 g/mol. The molecule has 0 spiro atoms. The minimum atomic E-state index is -0.689. The molecule has 0 aromatic heterocycles. The SMILES string of the molecule is CC(=O)NC1(C(=O)NC2CCCC2CN)CCCCC1.Cl. The maximum Gasteiger partial charge on any atom is 0.245 e. The van der Waals surface area contributed by atoms with Crippen LogP contribution >= 0.6 is 12.4 Å². The van der Waals surface area contributed by atoms with Crippen LogP contribution in [0.1, 0.15) is 58.3 Å². The molecule has 122 valence electrons. The summed E-state index contributed by atoms with van der Waals surface area (Å²) in [7, 11) is 0. The molecule has 2 fully saturated rings. The maximum absolute atomic E-state index is 12.7. The molecule has 0 radical (unpaired) electrons. The normalized spacial score (nSPS) is 27.5. The summed E-state index contributed by atoms with van der Waals surface area (Å²) in [6.45, 7) is 2.11. The van der Waals surface area contributed by atoms with Crippen LogP contribution in [0.15, 0.2) is 0 Å². The average Bonchev–Trinajstić information content (AvgIpc) is 2.86. The molecule has 0 aromatic rings. The first kappa shape index (κ1) is 18.2. The third-order valence-electron chi connectivity index (χ3n) is 4.84. The zero-order valence-electron chi connectivity index (χ0n) is 12.8. The summed E-state index contributed by atoms with van der Waals surface area (Å²) in [6.07, 6.45) is 7.86. The Morgan fingerprint density at radius 2 is 1.81 bits per heavy atom. The smallest absolute Gasteiger partial charge is 0.245 e. The summed E-state index contributed by atoms with van der Waals surface area (Å²) in [5, 5.41) is 6.08. The second-order valence-electron chi connectivity index (χ2n) is 6.33. The van der Waals surface area contributed by atoms with E-state index in [1.807, 2.05) is 0 Å². The summed E-state index contributed by atoms with van der Waals surface area (Å²) >= 11 is 0. The van der Waals surface area contributed by atoms with E-state index in [1.165, 1.54) is 6.92 Å². The Morgan fingerprint density at radius 1 is 1.14 bits per heavy atom. The minimum Gasteiger partial charge on any atom is -0.351 e. The molecule has 2 rings (SSSR count). The lowest BCUT2D eigenvalue weighted by Crippen LogP contribution is -2.61. The lowest BCUT2D eigenvalue weighted by Gasteiger charge is -2.37. The molecule has 2 amide bonds. The minimum absolute atomic E-state index is 0. The molecule has 0 aromatic carbocycles. The number of nitrogens with one attached hydrogen (secondary N) is 2. The molecule has 6 heteroatoms. The van der Waals surface area contributed by atoms with Gasteiger partial charge in [0.05, 0.1) is 0 Å². The van der Waals surface area contributed by atoms with Crippen LogP contribution in [0.3, 0.4) is 0 Å². The zero-order valence-corrected chi connectivity index (χ0v) is 13.6. The van der Waals surface area contributed by atoms with Crippen LogP contribution in [0, 0.1) is 5.92 Å². The van der Waals surface area contributed by atoms with Crippen molar-refractivity contribution in [2.75, 3.05) is 6.54 Å². The zero-order chi connectivity index (χ0) is 14.6. The maximum atomic E-state index is 12.7. The molecule has 21 heavy (non-hydrogen) atoms. The number of carbonyl (C=O) groups excluding carboxylic acids is 2. The molecule has 2 atom stereocenters. The molecular weight excluding hydrogens is 290 g/mol. The Morgan fingerprint density at radius 3 is 2.38 bits per heavy atom. The highest BCUT2D eigenvalue weighted by Gasteiger charge is 2.42. The van der Waals surface area contributed by atoms with Crippen molar-refractivity contribution in [1.29, 1.82) is 0 Å². The fourth-order valence-corrected chi connectivity index (χ4v) is 3.72. The topological polar surface area (TPSA) is 84.2 Å². The van der Waals surface area contributed by atoms with Gasteiger partial charge in [-0.3, -0.25) is 9.59 Å². The van der Waals surface area contributed by atoms with E-state index in [1.54, 1.807) is 0 Å². The first-order valence-electron chi connectivity index (χ1n) is 7.87. The van der Waals surface area contributed by atoms with E-state index in [0.29, 0.717) is 12.5 Å². The van der Waals surface area contributed by atoms with Gasteiger partial charge in [-0.25, -0.2) is 0 Å². The van der Waals surface area contributed by atoms with Crippen molar-refractivity contribution in [3.05, 3.63) is 0 Å². The number of nitrogens with two attached hydrogens (primary N) is 1. The highest BCUT2D eigenvalue weighted by atomic mass is 35.5. The summed E-state index contributed by atoms with van der Waals surface area (Å²) in [5.41, 5.74) is 5.08. The van der Waals surface area contributed by atoms with E-state index in [4.69, 9.17) is 5.73 Å². The van der Waals surface area contributed by atoms with Crippen LogP contribution in [-0.2, 0) is 9.59 Å². The van der Waals surface area contributed by atoms with E-state index in [0.717, 1.165) is 51.4 Å². The van der Waals surface area contributed by atoms with Crippen LogP contribution < -0.4 is 16.4 Å². The summed E-state index contributed by atoms with van der Waals surface area (Å²) in [5.74, 6) is 0.263. The fourth-order valence-electron chi connectivity index (χ4n) is 3.72. The quantitative estimate of drug-likeness (QED) is 0.734. The van der Waals surface area contributed by atoms with Crippen molar-refractivity contribution in [1.82, 2.24) is 10.6 Å². The third kappa shape index (κ3) is 4.33. The van der Waals surface area contributed by atoms with E-state index in [-0.39, 0.29) is 30.3 Å². The molecule has 2 unspecified atom stereocenters. The van der Waals surface area contributed by atoms with Gasteiger partial charge in [0.2, 0.25) is 11.8 Å². The first-order valence-corrected chi connectivity index (χ1v) is 7.87. The summed E-state index contributed by atoms with van der Waals surface area (Å²) in [4.78, 5) is 24.2. The van der Waals surface area contributed by atoms with Gasteiger partial charge in [0, 0.05) is 13.0 Å². The molecule has 2 aliphatic rings. The number of hydrogen-bond acceptors (Lipinski definition) is 3. The standard InChI is InChI=1S/C15H27N3O2.ClH/c1-11(19)18-15(8-3-2-4-9-15)14(20)17-13-7-5-6-12(13)10-16;/h12-13H,2-10,16H2,1H3,(H,17,20)(H,18,19);1H. The van der Waals surface area contributed by atoms with E-state index >= 15 is 0 Å². The van der Waals surface area contributed by atoms with Gasteiger partial charge in [-0.15, -0.1) is 12.4 Å². The highest BCUT2D eigenvalue weighted by Crippen LogP contribution is 2.30. The van der Waals surface area contributed by atoms with Gasteiger partial charge >= 0.3 is 0 Å². The van der Waals surface area contributed by atoms with Crippen molar-refractivity contribution in [2.24, 2.45) is 11.7 Å². The largest absolute Gasteiger partial charge is 0.351 e. The number of carbonyl (C=O) groups is 2. The van der Waals surface area contributed by atoms with Gasteiger partial charge in [-0.1, -0.05) is 25.7 Å². The van der Waals surface area contributed by atoms with Crippen molar-refractivity contribution >= 4 is 24.2 Å². The lowest BCUT2D eigenvalue weighted by molar-refractivity contribution is -0.135. The van der Waals surface area contributed by atoms with Gasteiger partial charge in [0.1, 0.15) is 5.54 Å². The van der Waals surface area contributed by atoms with E-state index in [9.17, 15) is 9.59 Å². The Kier molecular flexibility index (Phi) is 6.94. The molecule has 0 aliphatic heterocycles. The van der Waals surface area contributed by atoms with Gasteiger partial charge in [0.25, 0.3) is 0 Å². The second-order valence-corrected chi connectivity index (χ2v) is 6.33. The highest BCUT2D eigenvalue weighted by molar-refractivity contribution is 5.91. The van der Waals surface area contributed by atoms with Gasteiger partial charge < -0.3 is 16.4 Å². The number of amides is 2. The molecule has 2 aliphatic carbocycles. The number of halogens is 1. The summed E-state index contributed by atoms with van der Waals surface area (Å²) < 4.78 is 0. The van der Waals surface area contributed by atoms with Crippen LogP contribution in [0.4, 0.5) is 0 Å². The molecular formula is C15H28ClN3O2. The van der Waals surface area contributed by atoms with E-state index in [2.05, 4.69) is 10.6 Å². The van der Waals surface area contributed by atoms with Crippen LogP contribution in [0.5, 0.6) is 0 Å². The number of rotatable bonds is 4. The molecule has 5 nitrogen and oxygen atoms in total. The Balaban J connectivity index is 0.00000220. The summed E-state index contributed by atoms with van der Waals surface area (Å²) in [6, 6.07) is 0.181. The first-order chi connectivity index (χ1) is 9.57. The van der Waals surface area contributed by atoms with Gasteiger partial charge in [-0.05, 0) is 38.1 Å². The van der Waals surface area contributed by atoms with E-state index < -0.39 is 5.54 Å². The third-order valence-corrected chi connectivity index (χ3v) is 4.84. The molecule has 0 saturated heterocycles. The Labute approximate surface area is 133 Å². The van der Waals surface area contributed by atoms with Crippen molar-refractivity contribution in [3.63, 3.8) is 0 Å². The van der Waals surface area contributed by atoms with Crippen molar-refractivity contribution in [3.8, 4) is 0 Å². The molecule has 0 bridgehead atoms. The lowest BCUT2D eigenvalue weighted by atomic mass is 9.80. The number of hydrogen-bond donors (Lipinski definition) is 3. The predicted molar refractivity (Wildman–Crippen MR) is 85.2 cm³/mol. The molecule has 0 heterocycles. The van der Waals surface area contributed by atoms with Crippen molar-refractivity contribution in [2.45, 2.75) is 69.9 Å². The van der Waals surface area contributed by atoms with Crippen LogP contribution in [-0.4, -0.2) is 29.9 Å². The van der Waals surface area contributed by atoms with Crippen molar-refractivity contribution < 1.29 is 9.59 Å². The van der Waals surface area contributed by atoms with Crippen LogP contribution in [0.25, 0.3) is 0 Å².